The van der Waals surface area contributed by atoms with Gasteiger partial charge in [-0.2, -0.15) is 0 Å². The van der Waals surface area contributed by atoms with E-state index in [1.807, 2.05) is 0 Å². The maximum atomic E-state index is 12.0. The standard InChI is InChI=1S/C11H14ClN3O3S/c12-8-2-1-3-9(13)11(8)19(17,18)14-6-10(16)15-7-4-5-7/h1-3,7,14H,4-6,13H2,(H,15,16). The van der Waals surface area contributed by atoms with Crippen molar-refractivity contribution in [2.75, 3.05) is 12.3 Å². The molecule has 0 spiro atoms. The summed E-state index contributed by atoms with van der Waals surface area (Å²) in [4.78, 5) is 11.2. The molecule has 0 radical (unpaired) electrons. The molecule has 1 amide bonds. The molecule has 2 rings (SSSR count). The predicted octanol–water partition coefficient (Wildman–Crippen LogP) is 0.479. The van der Waals surface area contributed by atoms with Crippen LogP contribution in [-0.4, -0.2) is 26.9 Å². The SMILES string of the molecule is Nc1cccc(Cl)c1S(=O)(=O)NCC(=O)NC1CC1. The third-order valence-electron chi connectivity index (χ3n) is 2.63. The first-order chi connectivity index (χ1) is 8.90. The van der Waals surface area contributed by atoms with Gasteiger partial charge in [0, 0.05) is 6.04 Å². The highest BCUT2D eigenvalue weighted by Crippen LogP contribution is 2.26. The fourth-order valence-electron chi connectivity index (χ4n) is 1.55. The monoisotopic (exact) mass is 303 g/mol. The second-order valence-electron chi connectivity index (χ2n) is 4.32. The van der Waals surface area contributed by atoms with Crippen LogP contribution in [0.2, 0.25) is 5.02 Å². The number of nitrogen functional groups attached to an aromatic ring is 1. The molecule has 0 atom stereocenters. The van der Waals surface area contributed by atoms with Crippen LogP contribution in [0.15, 0.2) is 23.1 Å². The Morgan fingerprint density at radius 2 is 2.11 bits per heavy atom. The first kappa shape index (κ1) is 14.1. The number of nitrogens with one attached hydrogen (secondary N) is 2. The van der Waals surface area contributed by atoms with Crippen molar-refractivity contribution < 1.29 is 13.2 Å². The van der Waals surface area contributed by atoms with Crippen molar-refractivity contribution in [3.8, 4) is 0 Å². The zero-order chi connectivity index (χ0) is 14.0. The van der Waals surface area contributed by atoms with Crippen molar-refractivity contribution in [3.63, 3.8) is 0 Å². The predicted molar refractivity (Wildman–Crippen MR) is 72.2 cm³/mol. The molecule has 1 aromatic carbocycles. The third kappa shape index (κ3) is 3.59. The summed E-state index contributed by atoms with van der Waals surface area (Å²) in [5.74, 6) is -0.364. The Labute approximate surface area is 116 Å². The van der Waals surface area contributed by atoms with Crippen molar-refractivity contribution in [2.45, 2.75) is 23.8 Å². The van der Waals surface area contributed by atoms with E-state index in [0.29, 0.717) is 0 Å². The number of rotatable bonds is 5. The summed E-state index contributed by atoms with van der Waals surface area (Å²) in [6.07, 6.45) is 1.88. The second kappa shape index (κ2) is 5.36. The Balaban J connectivity index is 2.07. The van der Waals surface area contributed by atoms with Gasteiger partial charge in [0.05, 0.1) is 17.3 Å². The van der Waals surface area contributed by atoms with Crippen LogP contribution in [0.4, 0.5) is 5.69 Å². The smallest absolute Gasteiger partial charge is 0.244 e. The van der Waals surface area contributed by atoms with Gasteiger partial charge in [-0.25, -0.2) is 13.1 Å². The molecule has 19 heavy (non-hydrogen) atoms. The molecule has 104 valence electrons. The van der Waals surface area contributed by atoms with E-state index in [1.54, 1.807) is 6.07 Å². The molecule has 0 heterocycles. The summed E-state index contributed by atoms with van der Waals surface area (Å²) < 4.78 is 26.2. The largest absolute Gasteiger partial charge is 0.398 e. The van der Waals surface area contributed by atoms with Gasteiger partial charge in [-0.05, 0) is 25.0 Å². The summed E-state index contributed by atoms with van der Waals surface area (Å²) in [6, 6.07) is 4.60. The Kier molecular flexibility index (Phi) is 3.98. The van der Waals surface area contributed by atoms with Crippen LogP contribution in [0.5, 0.6) is 0 Å². The van der Waals surface area contributed by atoms with Crippen LogP contribution in [0, 0.1) is 0 Å². The molecule has 1 aliphatic rings. The first-order valence-corrected chi connectivity index (χ1v) is 7.59. The van der Waals surface area contributed by atoms with Crippen LogP contribution in [0.25, 0.3) is 0 Å². The molecular weight excluding hydrogens is 290 g/mol. The molecule has 0 unspecified atom stereocenters. The number of halogens is 1. The molecule has 6 nitrogen and oxygen atoms in total. The van der Waals surface area contributed by atoms with E-state index in [2.05, 4.69) is 10.0 Å². The number of benzene rings is 1. The van der Waals surface area contributed by atoms with Gasteiger partial charge < -0.3 is 11.1 Å². The molecular formula is C11H14ClN3O3S. The number of carbonyl (C=O) groups is 1. The number of anilines is 1. The van der Waals surface area contributed by atoms with E-state index in [9.17, 15) is 13.2 Å². The summed E-state index contributed by atoms with van der Waals surface area (Å²) in [6.45, 7) is -0.330. The Bertz CT molecular complexity index is 579. The number of hydrogen-bond acceptors (Lipinski definition) is 4. The average molecular weight is 304 g/mol. The minimum Gasteiger partial charge on any atom is -0.398 e. The van der Waals surface area contributed by atoms with Crippen molar-refractivity contribution in [3.05, 3.63) is 23.2 Å². The lowest BCUT2D eigenvalue weighted by atomic mass is 10.3. The van der Waals surface area contributed by atoms with Crippen LogP contribution in [0.1, 0.15) is 12.8 Å². The number of hydrogen-bond donors (Lipinski definition) is 3. The van der Waals surface area contributed by atoms with Crippen LogP contribution >= 0.6 is 11.6 Å². The van der Waals surface area contributed by atoms with Gasteiger partial charge in [-0.1, -0.05) is 17.7 Å². The maximum absolute atomic E-state index is 12.0. The lowest BCUT2D eigenvalue weighted by molar-refractivity contribution is -0.120. The van der Waals surface area contributed by atoms with Gasteiger partial charge in [0.1, 0.15) is 4.90 Å². The van der Waals surface area contributed by atoms with E-state index in [-0.39, 0.29) is 34.1 Å². The van der Waals surface area contributed by atoms with E-state index in [1.165, 1.54) is 12.1 Å². The fourth-order valence-corrected chi connectivity index (χ4v) is 3.20. The minimum absolute atomic E-state index is 0.0232. The second-order valence-corrected chi connectivity index (χ2v) is 6.44. The van der Waals surface area contributed by atoms with Gasteiger partial charge in [0.2, 0.25) is 15.9 Å². The molecule has 1 aromatic rings. The van der Waals surface area contributed by atoms with E-state index in [0.717, 1.165) is 12.8 Å². The highest BCUT2D eigenvalue weighted by Gasteiger charge is 2.25. The highest BCUT2D eigenvalue weighted by atomic mass is 35.5. The zero-order valence-electron chi connectivity index (χ0n) is 10.0. The van der Waals surface area contributed by atoms with E-state index < -0.39 is 10.0 Å². The van der Waals surface area contributed by atoms with Gasteiger partial charge in [0.15, 0.2) is 0 Å². The zero-order valence-corrected chi connectivity index (χ0v) is 11.6. The Morgan fingerprint density at radius 1 is 1.42 bits per heavy atom. The highest BCUT2D eigenvalue weighted by molar-refractivity contribution is 7.89. The van der Waals surface area contributed by atoms with Crippen LogP contribution in [-0.2, 0) is 14.8 Å². The molecule has 4 N–H and O–H groups in total. The number of carbonyl (C=O) groups excluding carboxylic acids is 1. The molecule has 1 saturated carbocycles. The molecule has 1 aliphatic carbocycles. The van der Waals surface area contributed by atoms with Crippen molar-refractivity contribution >= 4 is 33.2 Å². The topological polar surface area (TPSA) is 101 Å². The summed E-state index contributed by atoms with van der Waals surface area (Å²) in [5, 5.41) is 2.70. The summed E-state index contributed by atoms with van der Waals surface area (Å²) >= 11 is 5.82. The lowest BCUT2D eigenvalue weighted by Crippen LogP contribution is -2.38. The molecule has 0 aromatic heterocycles. The third-order valence-corrected chi connectivity index (χ3v) is 4.58. The Hall–Kier alpha value is -1.31. The molecule has 0 saturated heterocycles. The number of nitrogens with two attached hydrogens (primary N) is 1. The van der Waals surface area contributed by atoms with Crippen molar-refractivity contribution in [1.82, 2.24) is 10.0 Å². The molecule has 0 bridgehead atoms. The van der Waals surface area contributed by atoms with Gasteiger partial charge in [-0.3, -0.25) is 4.79 Å². The van der Waals surface area contributed by atoms with Crippen LogP contribution < -0.4 is 15.8 Å². The van der Waals surface area contributed by atoms with Gasteiger partial charge in [-0.15, -0.1) is 0 Å². The maximum Gasteiger partial charge on any atom is 0.244 e. The van der Waals surface area contributed by atoms with E-state index >= 15 is 0 Å². The number of sulfonamides is 1. The average Bonchev–Trinajstić information content (AvgIpc) is 3.10. The normalized spacial score (nSPS) is 15.2. The lowest BCUT2D eigenvalue weighted by Gasteiger charge is -2.10. The molecule has 0 aliphatic heterocycles. The van der Waals surface area contributed by atoms with Crippen molar-refractivity contribution in [1.29, 1.82) is 0 Å². The minimum atomic E-state index is -3.90. The van der Waals surface area contributed by atoms with Gasteiger partial charge in [0.25, 0.3) is 0 Å². The van der Waals surface area contributed by atoms with Gasteiger partial charge >= 0.3 is 0 Å². The quantitative estimate of drug-likeness (QED) is 0.689. The van der Waals surface area contributed by atoms with E-state index in [4.69, 9.17) is 17.3 Å². The van der Waals surface area contributed by atoms with Crippen LogP contribution in [0.3, 0.4) is 0 Å². The summed E-state index contributed by atoms with van der Waals surface area (Å²) in [5.41, 5.74) is 5.64. The fraction of sp³-hybridized carbons (Fsp3) is 0.364. The number of amides is 1. The summed E-state index contributed by atoms with van der Waals surface area (Å²) in [7, 11) is -3.90. The Morgan fingerprint density at radius 3 is 2.68 bits per heavy atom. The molecule has 1 fully saturated rings. The molecule has 8 heteroatoms. The van der Waals surface area contributed by atoms with Crippen molar-refractivity contribution in [2.24, 2.45) is 0 Å². The first-order valence-electron chi connectivity index (χ1n) is 5.73.